The van der Waals surface area contributed by atoms with Crippen LogP contribution in [0.5, 0.6) is 5.75 Å². The van der Waals surface area contributed by atoms with Gasteiger partial charge in [0, 0.05) is 46.4 Å². The highest BCUT2D eigenvalue weighted by Crippen LogP contribution is 2.43. The molecule has 49 heavy (non-hydrogen) atoms. The summed E-state index contributed by atoms with van der Waals surface area (Å²) in [7, 11) is -7.07. The Hall–Kier alpha value is -5.05. The molecule has 1 aliphatic carbocycles. The van der Waals surface area contributed by atoms with Gasteiger partial charge in [0.2, 0.25) is 10.0 Å². The molecule has 252 valence electrons. The molecule has 4 aromatic rings. The number of nitrogens with one attached hydrogen (secondary N) is 2. The molecule has 1 heterocycles. The van der Waals surface area contributed by atoms with Gasteiger partial charge in [-0.05, 0) is 73.5 Å². The van der Waals surface area contributed by atoms with Crippen LogP contribution in [0.15, 0.2) is 116 Å². The molecule has 0 radical (unpaired) electrons. The molecule has 0 saturated carbocycles. The average Bonchev–Trinajstić information content (AvgIpc) is 3.07. The molecule has 4 aromatic carbocycles. The van der Waals surface area contributed by atoms with Crippen molar-refractivity contribution in [3.8, 4) is 28.2 Å². The van der Waals surface area contributed by atoms with Crippen molar-refractivity contribution >= 4 is 48.2 Å². The fourth-order valence-corrected chi connectivity index (χ4v) is 7.43. The Labute approximate surface area is 283 Å². The normalized spacial score (nSPS) is 12.5. The lowest BCUT2D eigenvalue weighted by Crippen LogP contribution is -2.27. The summed E-state index contributed by atoms with van der Waals surface area (Å²) in [5.41, 5.74) is 5.66. The van der Waals surface area contributed by atoms with E-state index in [1.165, 1.54) is 31.4 Å². The molecule has 0 saturated heterocycles. The van der Waals surface area contributed by atoms with E-state index in [0.29, 0.717) is 50.2 Å². The predicted octanol–water partition coefficient (Wildman–Crippen LogP) is 6.32. The van der Waals surface area contributed by atoms with Crippen LogP contribution in [0.25, 0.3) is 33.4 Å². The van der Waals surface area contributed by atoms with Crippen LogP contribution in [0, 0.1) is 13.8 Å². The van der Waals surface area contributed by atoms with E-state index in [4.69, 9.17) is 14.1 Å². The zero-order valence-electron chi connectivity index (χ0n) is 26.8. The van der Waals surface area contributed by atoms with Crippen molar-refractivity contribution in [2.24, 2.45) is 4.99 Å². The first kappa shape index (κ1) is 33.8. The van der Waals surface area contributed by atoms with Gasteiger partial charge in [-0.3, -0.25) is 4.55 Å². The largest absolute Gasteiger partial charge is 0.495 e. The topological polar surface area (TPSA) is 168 Å². The Morgan fingerprint density at radius 1 is 0.837 bits per heavy atom. The second-order valence-corrected chi connectivity index (χ2v) is 14.5. The van der Waals surface area contributed by atoms with Gasteiger partial charge in [0.05, 0.1) is 40.2 Å². The van der Waals surface area contributed by atoms with E-state index in [2.05, 4.69) is 10.0 Å². The summed E-state index contributed by atoms with van der Waals surface area (Å²) < 4.78 is 74.6. The number of aliphatic hydroxyl groups excluding tert-OH is 1. The summed E-state index contributed by atoms with van der Waals surface area (Å²) in [5, 5.41) is 13.7. The molecule has 0 atom stereocenters. The number of ether oxygens (including phenoxy) is 1. The highest BCUT2D eigenvalue weighted by molar-refractivity contribution is 7.89. The van der Waals surface area contributed by atoms with Gasteiger partial charge in [0.25, 0.3) is 10.1 Å². The standard InChI is InChI=1S/C36H33N3O8S2/c1-22-7-6-8-23(2)36(22)39-25-12-15-28-33(20-25)47-32-19-24(38-30-21-26(49(43,44)45)13-16-31(30)46-3)11-14-27(32)35(28)29-9-4-5-10-34(29)48(41,42)37-17-18-40/h4-16,19-21,37-38,40H,17-18H2,1-3H3,(H,43,44,45). The Bertz CT molecular complexity index is 2460. The van der Waals surface area contributed by atoms with Crippen LogP contribution >= 0.6 is 0 Å². The lowest BCUT2D eigenvalue weighted by molar-refractivity contribution is 0.301. The number of hydrogen-bond donors (Lipinski definition) is 4. The molecular weight excluding hydrogens is 667 g/mol. The molecule has 11 nitrogen and oxygen atoms in total. The molecule has 0 fully saturated rings. The van der Waals surface area contributed by atoms with E-state index < -0.39 is 20.1 Å². The first-order valence-electron chi connectivity index (χ1n) is 15.1. The van der Waals surface area contributed by atoms with Crippen LogP contribution in [0.3, 0.4) is 0 Å². The molecule has 0 unspecified atom stereocenters. The molecular formula is C36H33N3O8S2. The molecule has 4 N–H and O–H groups in total. The zero-order valence-corrected chi connectivity index (χ0v) is 28.4. The molecule has 0 aromatic heterocycles. The number of aliphatic hydroxyl groups is 1. The van der Waals surface area contributed by atoms with E-state index in [0.717, 1.165) is 16.8 Å². The SMILES string of the molecule is COc1ccc(S(=O)(=O)O)cc1Nc1ccc2c(-c3ccccc3S(=O)(=O)NCCO)c3ccc(=Nc4c(C)cccc4C)cc-3oc2c1. The second-order valence-electron chi connectivity index (χ2n) is 11.3. The summed E-state index contributed by atoms with van der Waals surface area (Å²) >= 11 is 0. The molecule has 13 heteroatoms. The molecule has 6 rings (SSSR count). The molecule has 0 bridgehead atoms. The van der Waals surface area contributed by atoms with Gasteiger partial charge < -0.3 is 19.6 Å². The van der Waals surface area contributed by atoms with Crippen molar-refractivity contribution < 1.29 is 35.6 Å². The monoisotopic (exact) mass is 699 g/mol. The number of methoxy groups -OCH3 is 1. The fraction of sp³-hybridized carbons (Fsp3) is 0.139. The van der Waals surface area contributed by atoms with Crippen LogP contribution in [0.2, 0.25) is 0 Å². The lowest BCUT2D eigenvalue weighted by Gasteiger charge is -2.19. The van der Waals surface area contributed by atoms with E-state index in [-0.39, 0.29) is 28.6 Å². The Morgan fingerprint density at radius 3 is 2.31 bits per heavy atom. The number of para-hydroxylation sites is 1. The van der Waals surface area contributed by atoms with E-state index in [1.807, 2.05) is 44.2 Å². The predicted molar refractivity (Wildman–Crippen MR) is 188 cm³/mol. The second kappa shape index (κ2) is 13.5. The quantitative estimate of drug-likeness (QED) is 0.0945. The minimum atomic E-state index is -4.48. The number of benzene rings is 5. The van der Waals surface area contributed by atoms with Crippen LogP contribution < -0.4 is 20.1 Å². The maximum atomic E-state index is 13.5. The molecule has 0 spiro atoms. The number of hydrogen-bond acceptors (Lipinski definition) is 9. The van der Waals surface area contributed by atoms with Crippen molar-refractivity contribution in [1.29, 1.82) is 0 Å². The van der Waals surface area contributed by atoms with Gasteiger partial charge >= 0.3 is 0 Å². The number of rotatable bonds is 10. The summed E-state index contributed by atoms with van der Waals surface area (Å²) in [6, 6.07) is 27.2. The Morgan fingerprint density at radius 2 is 1.59 bits per heavy atom. The van der Waals surface area contributed by atoms with Gasteiger partial charge in [-0.2, -0.15) is 8.42 Å². The van der Waals surface area contributed by atoms with Gasteiger partial charge in [-0.15, -0.1) is 0 Å². The Kier molecular flexibility index (Phi) is 9.29. The number of fused-ring (bicyclic) bond motifs is 2. The van der Waals surface area contributed by atoms with E-state index in [1.54, 1.807) is 42.5 Å². The maximum absolute atomic E-state index is 13.5. The third kappa shape index (κ3) is 6.93. The van der Waals surface area contributed by atoms with Gasteiger partial charge in [0.1, 0.15) is 17.1 Å². The fourth-order valence-electron chi connectivity index (χ4n) is 5.69. The van der Waals surface area contributed by atoms with Crippen LogP contribution in [-0.4, -0.2) is 46.8 Å². The summed E-state index contributed by atoms with van der Waals surface area (Å²) in [6.45, 7) is 3.46. The van der Waals surface area contributed by atoms with Crippen molar-refractivity contribution in [1.82, 2.24) is 4.72 Å². The van der Waals surface area contributed by atoms with Crippen molar-refractivity contribution in [2.75, 3.05) is 25.6 Å². The summed E-state index contributed by atoms with van der Waals surface area (Å²) in [5.74, 6) is 0.768. The van der Waals surface area contributed by atoms with Crippen molar-refractivity contribution in [2.45, 2.75) is 23.6 Å². The van der Waals surface area contributed by atoms with Gasteiger partial charge in [-0.1, -0.05) is 36.4 Å². The minimum absolute atomic E-state index is 0.0236. The number of nitrogens with zero attached hydrogens (tertiary/aromatic N) is 1. The third-order valence-corrected chi connectivity index (χ3v) is 10.4. The van der Waals surface area contributed by atoms with E-state index in [9.17, 15) is 26.5 Å². The zero-order chi connectivity index (χ0) is 34.9. The first-order chi connectivity index (χ1) is 23.4. The van der Waals surface area contributed by atoms with E-state index >= 15 is 0 Å². The highest BCUT2D eigenvalue weighted by atomic mass is 32.2. The number of sulfonamides is 1. The van der Waals surface area contributed by atoms with Crippen molar-refractivity contribution in [3.05, 3.63) is 114 Å². The lowest BCUT2D eigenvalue weighted by atomic mass is 9.93. The maximum Gasteiger partial charge on any atom is 0.294 e. The minimum Gasteiger partial charge on any atom is -0.495 e. The molecule has 2 aliphatic rings. The molecule has 0 amide bonds. The average molecular weight is 700 g/mol. The van der Waals surface area contributed by atoms with Crippen LogP contribution in [0.1, 0.15) is 11.1 Å². The van der Waals surface area contributed by atoms with Crippen LogP contribution in [0.4, 0.5) is 17.1 Å². The van der Waals surface area contributed by atoms with Crippen LogP contribution in [-0.2, 0) is 20.1 Å². The highest BCUT2D eigenvalue weighted by Gasteiger charge is 2.25. The Balaban J connectivity index is 1.60. The molecule has 1 aliphatic heterocycles. The first-order valence-corrected chi connectivity index (χ1v) is 18.1. The number of aryl methyl sites for hydroxylation is 2. The van der Waals surface area contributed by atoms with Crippen molar-refractivity contribution in [3.63, 3.8) is 0 Å². The van der Waals surface area contributed by atoms with Gasteiger partial charge in [0.15, 0.2) is 0 Å². The van der Waals surface area contributed by atoms with Gasteiger partial charge in [-0.25, -0.2) is 18.1 Å². The smallest absolute Gasteiger partial charge is 0.294 e. The summed E-state index contributed by atoms with van der Waals surface area (Å²) in [6.07, 6.45) is 0. The summed E-state index contributed by atoms with van der Waals surface area (Å²) in [4.78, 5) is 4.60. The number of anilines is 2. The third-order valence-electron chi connectivity index (χ3n) is 7.98.